The van der Waals surface area contributed by atoms with Gasteiger partial charge in [-0.05, 0) is 102 Å². The van der Waals surface area contributed by atoms with E-state index in [4.69, 9.17) is 0 Å². The number of hydrogen-bond donors (Lipinski definition) is 0. The van der Waals surface area contributed by atoms with Crippen LogP contribution in [0.3, 0.4) is 0 Å². The SMILES string of the molecule is C1=C(c2ccc3c4ccccc4c4ccccc4c3c2)CCC2=C1c1ccccc1B2c1cc(-c2ccccc2)cc(-c2ccccc2)c1. The molecule has 0 aromatic heterocycles. The van der Waals surface area contributed by atoms with Gasteiger partial charge in [-0.2, -0.15) is 0 Å². The predicted molar refractivity (Wildman–Crippen MR) is 212 cm³/mol. The maximum absolute atomic E-state index is 2.52. The van der Waals surface area contributed by atoms with Crippen molar-refractivity contribution in [1.82, 2.24) is 0 Å². The summed E-state index contributed by atoms with van der Waals surface area (Å²) in [7, 11) is 0. The van der Waals surface area contributed by atoms with E-state index in [1.54, 1.807) is 5.47 Å². The van der Waals surface area contributed by atoms with E-state index in [1.165, 1.54) is 87.8 Å². The highest BCUT2D eigenvalue weighted by atomic mass is 14.3. The summed E-state index contributed by atoms with van der Waals surface area (Å²) in [5.74, 6) is 0. The molecule has 2 aliphatic rings. The Hall–Kier alpha value is -5.92. The van der Waals surface area contributed by atoms with Crippen LogP contribution in [0.4, 0.5) is 0 Å². The van der Waals surface area contributed by atoms with Gasteiger partial charge in [0.2, 0.25) is 6.71 Å². The maximum atomic E-state index is 2.52. The molecule has 1 heteroatoms. The predicted octanol–water partition coefficient (Wildman–Crippen LogP) is 11.3. The van der Waals surface area contributed by atoms with Crippen molar-refractivity contribution in [2.75, 3.05) is 0 Å². The van der Waals surface area contributed by atoms with Gasteiger partial charge in [0.1, 0.15) is 0 Å². The first-order valence-electron chi connectivity index (χ1n) is 17.4. The fourth-order valence-corrected chi connectivity index (χ4v) is 8.60. The molecule has 8 aromatic rings. The average Bonchev–Trinajstić information content (AvgIpc) is 3.52. The third kappa shape index (κ3) is 4.61. The summed E-state index contributed by atoms with van der Waals surface area (Å²) in [4.78, 5) is 0. The Morgan fingerprint density at radius 2 is 0.898 bits per heavy atom. The van der Waals surface area contributed by atoms with E-state index in [2.05, 4.69) is 176 Å². The topological polar surface area (TPSA) is 0 Å². The van der Waals surface area contributed by atoms with Crippen LogP contribution in [0.1, 0.15) is 24.0 Å². The van der Waals surface area contributed by atoms with Gasteiger partial charge in [-0.15, -0.1) is 0 Å². The maximum Gasteiger partial charge on any atom is 0.238 e. The van der Waals surface area contributed by atoms with Crippen LogP contribution in [-0.4, -0.2) is 6.71 Å². The first-order chi connectivity index (χ1) is 24.3. The van der Waals surface area contributed by atoms with Crippen LogP contribution in [0.25, 0.3) is 65.7 Å². The van der Waals surface area contributed by atoms with Gasteiger partial charge in [0, 0.05) is 0 Å². The molecular weight excluding hydrogens is 587 g/mol. The molecule has 0 unspecified atom stereocenters. The first kappa shape index (κ1) is 28.1. The zero-order valence-electron chi connectivity index (χ0n) is 27.2. The van der Waals surface area contributed by atoms with Crippen molar-refractivity contribution in [3.8, 4) is 22.3 Å². The molecule has 0 atom stereocenters. The van der Waals surface area contributed by atoms with Crippen LogP contribution in [0.2, 0.25) is 0 Å². The minimum atomic E-state index is 0.238. The van der Waals surface area contributed by atoms with Gasteiger partial charge in [-0.3, -0.25) is 0 Å². The lowest BCUT2D eigenvalue weighted by Crippen LogP contribution is -2.42. The monoisotopic (exact) mass is 620 g/mol. The second-order valence-corrected chi connectivity index (χ2v) is 13.6. The summed E-state index contributed by atoms with van der Waals surface area (Å²) >= 11 is 0. The smallest absolute Gasteiger partial charge is 0.0826 e. The molecule has 1 aliphatic heterocycles. The third-order valence-corrected chi connectivity index (χ3v) is 10.9. The lowest BCUT2D eigenvalue weighted by atomic mass is 9.37. The van der Waals surface area contributed by atoms with E-state index in [0.29, 0.717) is 0 Å². The normalized spacial score (nSPS) is 14.0. The molecule has 0 fully saturated rings. The molecular formula is C48H33B. The van der Waals surface area contributed by atoms with E-state index < -0.39 is 0 Å². The van der Waals surface area contributed by atoms with E-state index in [-0.39, 0.29) is 6.71 Å². The van der Waals surface area contributed by atoms with Gasteiger partial charge in [-0.1, -0.05) is 180 Å². The van der Waals surface area contributed by atoms with Gasteiger partial charge < -0.3 is 0 Å². The van der Waals surface area contributed by atoms with Crippen molar-refractivity contribution in [2.45, 2.75) is 12.8 Å². The van der Waals surface area contributed by atoms with Crippen molar-refractivity contribution in [2.24, 2.45) is 0 Å². The molecule has 0 nitrogen and oxygen atoms in total. The number of hydrogen-bond acceptors (Lipinski definition) is 0. The van der Waals surface area contributed by atoms with Gasteiger partial charge in [0.15, 0.2) is 0 Å². The van der Waals surface area contributed by atoms with Gasteiger partial charge in [-0.25, -0.2) is 0 Å². The number of rotatable bonds is 4. The minimum Gasteiger partial charge on any atom is -0.0826 e. The zero-order valence-corrected chi connectivity index (χ0v) is 27.2. The fourth-order valence-electron chi connectivity index (χ4n) is 8.60. The van der Waals surface area contributed by atoms with Gasteiger partial charge in [0.05, 0.1) is 0 Å². The van der Waals surface area contributed by atoms with Gasteiger partial charge in [0.25, 0.3) is 0 Å². The molecule has 8 aromatic carbocycles. The standard InChI is InChI=1S/C48H33B/c1-3-13-32(14-4-1)36-27-37(33-15-5-2-6-16-33)29-38(28-36)49-47-22-12-11-21-44(47)46-31-35(24-26-48(46)49)34-23-25-43-41-19-8-7-17-39(41)40-18-9-10-20-42(40)45(43)30-34/h1-23,25,27-31H,24,26H2. The zero-order chi connectivity index (χ0) is 32.3. The highest BCUT2D eigenvalue weighted by molar-refractivity contribution is 6.94. The van der Waals surface area contributed by atoms with E-state index in [0.717, 1.165) is 12.8 Å². The van der Waals surface area contributed by atoms with E-state index in [9.17, 15) is 0 Å². The van der Waals surface area contributed by atoms with Crippen LogP contribution in [0.5, 0.6) is 0 Å². The molecule has 1 heterocycles. The lowest BCUT2D eigenvalue weighted by molar-refractivity contribution is 1.04. The van der Waals surface area contributed by atoms with Crippen LogP contribution < -0.4 is 10.9 Å². The Bertz CT molecular complexity index is 2550. The van der Waals surface area contributed by atoms with Crippen molar-refractivity contribution in [3.63, 3.8) is 0 Å². The second-order valence-electron chi connectivity index (χ2n) is 13.6. The van der Waals surface area contributed by atoms with E-state index >= 15 is 0 Å². The quantitative estimate of drug-likeness (QED) is 0.136. The van der Waals surface area contributed by atoms with Crippen LogP contribution in [0.15, 0.2) is 181 Å². The highest BCUT2D eigenvalue weighted by Gasteiger charge is 2.36. The first-order valence-corrected chi connectivity index (χ1v) is 17.4. The van der Waals surface area contributed by atoms with Crippen molar-refractivity contribution < 1.29 is 0 Å². The largest absolute Gasteiger partial charge is 0.238 e. The minimum absolute atomic E-state index is 0.238. The van der Waals surface area contributed by atoms with Crippen molar-refractivity contribution in [3.05, 3.63) is 193 Å². The molecule has 0 amide bonds. The lowest BCUT2D eigenvalue weighted by Gasteiger charge is -2.21. The van der Waals surface area contributed by atoms with Crippen LogP contribution in [-0.2, 0) is 0 Å². The molecule has 10 rings (SSSR count). The summed E-state index contributed by atoms with van der Waals surface area (Å²) < 4.78 is 0. The Balaban J connectivity index is 1.14. The van der Waals surface area contributed by atoms with Gasteiger partial charge >= 0.3 is 0 Å². The molecule has 1 aliphatic carbocycles. The molecule has 49 heavy (non-hydrogen) atoms. The molecule has 0 radical (unpaired) electrons. The number of allylic oxidation sites excluding steroid dienone is 4. The second kappa shape index (κ2) is 11.4. The molecule has 0 N–H and O–H groups in total. The number of fused-ring (bicyclic) bond motifs is 8. The Labute approximate surface area is 287 Å². The Morgan fingerprint density at radius 3 is 1.53 bits per heavy atom. The van der Waals surface area contributed by atoms with Crippen LogP contribution in [0, 0.1) is 0 Å². The fraction of sp³-hybridized carbons (Fsp3) is 0.0417. The van der Waals surface area contributed by atoms with Crippen molar-refractivity contribution in [1.29, 1.82) is 0 Å². The highest BCUT2D eigenvalue weighted by Crippen LogP contribution is 2.42. The molecule has 0 spiro atoms. The summed E-state index contributed by atoms with van der Waals surface area (Å²) in [6.45, 7) is 0.238. The van der Waals surface area contributed by atoms with Crippen LogP contribution >= 0.6 is 0 Å². The molecule has 228 valence electrons. The summed E-state index contributed by atoms with van der Waals surface area (Å²) in [5.41, 5.74) is 14.9. The van der Waals surface area contributed by atoms with Crippen molar-refractivity contribution >= 4 is 61.1 Å². The molecule has 0 bridgehead atoms. The summed E-state index contributed by atoms with van der Waals surface area (Å²) in [6.07, 6.45) is 4.60. The molecule has 0 saturated heterocycles. The summed E-state index contributed by atoms with van der Waals surface area (Å²) in [5, 5.41) is 7.96. The Kier molecular flexibility index (Phi) is 6.52. The average molecular weight is 621 g/mol. The number of benzene rings is 8. The Morgan fingerprint density at radius 1 is 0.367 bits per heavy atom. The molecule has 0 saturated carbocycles. The van der Waals surface area contributed by atoms with E-state index in [1.807, 2.05) is 0 Å². The third-order valence-electron chi connectivity index (χ3n) is 10.9. The summed E-state index contributed by atoms with van der Waals surface area (Å²) in [6, 6.07) is 62.9.